The summed E-state index contributed by atoms with van der Waals surface area (Å²) in [5.41, 5.74) is 1.83. The molecule has 0 amide bonds. The average Bonchev–Trinajstić information content (AvgIpc) is 3.10. The molecular weight excluding hydrogens is 332 g/mol. The van der Waals surface area contributed by atoms with Crippen LogP contribution < -0.4 is 4.74 Å². The van der Waals surface area contributed by atoms with Gasteiger partial charge in [-0.2, -0.15) is 0 Å². The van der Waals surface area contributed by atoms with Crippen LogP contribution in [0, 0.1) is 0 Å². The molecule has 4 rings (SSSR count). The molecule has 1 aliphatic heterocycles. The van der Waals surface area contributed by atoms with Gasteiger partial charge in [0.2, 0.25) is 5.88 Å². The molecule has 8 nitrogen and oxygen atoms in total. The summed E-state index contributed by atoms with van der Waals surface area (Å²) in [6.07, 6.45) is 6.04. The molecule has 0 saturated carbocycles. The molecule has 26 heavy (non-hydrogen) atoms. The van der Waals surface area contributed by atoms with E-state index in [1.807, 2.05) is 23.0 Å². The van der Waals surface area contributed by atoms with Crippen molar-refractivity contribution in [1.82, 2.24) is 29.9 Å². The van der Waals surface area contributed by atoms with Crippen molar-refractivity contribution in [1.29, 1.82) is 0 Å². The molecule has 134 valence electrons. The third kappa shape index (κ3) is 3.71. The van der Waals surface area contributed by atoms with Gasteiger partial charge in [-0.1, -0.05) is 17.3 Å². The summed E-state index contributed by atoms with van der Waals surface area (Å²) in [4.78, 5) is 10.4. The Bertz CT molecular complexity index is 844. The zero-order chi connectivity index (χ0) is 17.9. The van der Waals surface area contributed by atoms with Gasteiger partial charge in [0.25, 0.3) is 0 Å². The monoisotopic (exact) mass is 352 g/mol. The molecule has 1 fully saturated rings. The lowest BCUT2D eigenvalue weighted by Crippen LogP contribution is -2.47. The Kier molecular flexibility index (Phi) is 4.59. The van der Waals surface area contributed by atoms with E-state index >= 15 is 0 Å². The molecule has 1 unspecified atom stereocenters. The van der Waals surface area contributed by atoms with Gasteiger partial charge in [-0.3, -0.25) is 9.88 Å². The number of hydrogen-bond donors (Lipinski definition) is 1. The van der Waals surface area contributed by atoms with Gasteiger partial charge >= 0.3 is 0 Å². The Morgan fingerprint density at radius 1 is 1.23 bits per heavy atom. The molecular formula is C18H20N6O2. The van der Waals surface area contributed by atoms with Crippen molar-refractivity contribution in [3.63, 3.8) is 0 Å². The number of likely N-dealkylation sites (tertiary alicyclic amines) is 1. The van der Waals surface area contributed by atoms with E-state index in [-0.39, 0.29) is 0 Å². The fourth-order valence-electron chi connectivity index (χ4n) is 2.88. The van der Waals surface area contributed by atoms with E-state index in [0.717, 1.165) is 25.4 Å². The quantitative estimate of drug-likeness (QED) is 0.725. The summed E-state index contributed by atoms with van der Waals surface area (Å²) in [6, 6.07) is 8.30. The highest BCUT2D eigenvalue weighted by atomic mass is 16.5. The molecule has 0 bridgehead atoms. The predicted molar refractivity (Wildman–Crippen MR) is 93.5 cm³/mol. The normalized spacial score (nSPS) is 16.2. The van der Waals surface area contributed by atoms with E-state index in [0.29, 0.717) is 17.6 Å². The fourth-order valence-corrected chi connectivity index (χ4v) is 2.88. The number of hydrogen-bond acceptors (Lipinski definition) is 7. The molecule has 3 heterocycles. The Balaban J connectivity index is 1.29. The maximum Gasteiger partial charge on any atom is 0.237 e. The summed E-state index contributed by atoms with van der Waals surface area (Å²) < 4.78 is 7.49. The van der Waals surface area contributed by atoms with Gasteiger partial charge in [0, 0.05) is 32.0 Å². The largest absolute Gasteiger partial charge is 0.438 e. The SMILES string of the molecule is CC(O)c1cn(C2CN(Cc3ccc(Oc4cnccn4)cc3)C2)nn1. The van der Waals surface area contributed by atoms with Gasteiger partial charge in [0.05, 0.1) is 24.5 Å². The Morgan fingerprint density at radius 2 is 2.04 bits per heavy atom. The van der Waals surface area contributed by atoms with Crippen molar-refractivity contribution in [2.75, 3.05) is 13.1 Å². The maximum atomic E-state index is 9.53. The standard InChI is InChI=1S/C18H20N6O2/c1-13(25)17-12-24(22-21-17)15-10-23(11-15)9-14-2-4-16(5-3-14)26-18-8-19-6-7-20-18/h2-8,12-13,15,25H,9-11H2,1H3. The number of ether oxygens (including phenoxy) is 1. The summed E-state index contributed by atoms with van der Waals surface area (Å²) >= 11 is 0. The van der Waals surface area contributed by atoms with Crippen LogP contribution in [0.2, 0.25) is 0 Å². The van der Waals surface area contributed by atoms with Crippen LogP contribution in [0.25, 0.3) is 0 Å². The Labute approximate surface area is 151 Å². The highest BCUT2D eigenvalue weighted by Crippen LogP contribution is 2.25. The first-order valence-electron chi connectivity index (χ1n) is 8.52. The van der Waals surface area contributed by atoms with Crippen molar-refractivity contribution >= 4 is 0 Å². The number of aliphatic hydroxyl groups is 1. The van der Waals surface area contributed by atoms with Gasteiger partial charge in [-0.25, -0.2) is 9.67 Å². The Morgan fingerprint density at radius 3 is 2.69 bits per heavy atom. The van der Waals surface area contributed by atoms with Crippen molar-refractivity contribution in [3.05, 3.63) is 60.3 Å². The minimum atomic E-state index is -0.581. The van der Waals surface area contributed by atoms with Crippen molar-refractivity contribution in [3.8, 4) is 11.6 Å². The van der Waals surface area contributed by atoms with E-state index in [2.05, 4.69) is 37.3 Å². The highest BCUT2D eigenvalue weighted by molar-refractivity contribution is 5.30. The number of nitrogens with zero attached hydrogens (tertiary/aromatic N) is 6. The number of rotatable bonds is 6. The van der Waals surface area contributed by atoms with Crippen LogP contribution in [0.5, 0.6) is 11.6 Å². The molecule has 3 aromatic rings. The Hall–Kier alpha value is -2.84. The fraction of sp³-hybridized carbons (Fsp3) is 0.333. The molecule has 0 radical (unpaired) electrons. The van der Waals surface area contributed by atoms with Crippen LogP contribution in [0.4, 0.5) is 0 Å². The molecule has 1 N–H and O–H groups in total. The second kappa shape index (κ2) is 7.19. The van der Waals surface area contributed by atoms with Gasteiger partial charge < -0.3 is 9.84 Å². The van der Waals surface area contributed by atoms with E-state index < -0.39 is 6.10 Å². The van der Waals surface area contributed by atoms with E-state index in [4.69, 9.17) is 4.74 Å². The number of aliphatic hydroxyl groups excluding tert-OH is 1. The van der Waals surface area contributed by atoms with E-state index in [1.54, 1.807) is 25.5 Å². The molecule has 1 atom stereocenters. The first-order chi connectivity index (χ1) is 12.7. The third-order valence-corrected chi connectivity index (χ3v) is 4.36. The van der Waals surface area contributed by atoms with E-state index in [1.165, 1.54) is 5.56 Å². The summed E-state index contributed by atoms with van der Waals surface area (Å²) in [7, 11) is 0. The lowest BCUT2D eigenvalue weighted by molar-refractivity contribution is 0.0895. The lowest BCUT2D eigenvalue weighted by Gasteiger charge is -2.38. The van der Waals surface area contributed by atoms with Crippen molar-refractivity contribution < 1.29 is 9.84 Å². The number of aromatic nitrogens is 5. The van der Waals surface area contributed by atoms with E-state index in [9.17, 15) is 5.11 Å². The molecule has 1 aromatic carbocycles. The van der Waals surface area contributed by atoms with Crippen LogP contribution in [0.3, 0.4) is 0 Å². The zero-order valence-corrected chi connectivity index (χ0v) is 14.4. The molecule has 1 saturated heterocycles. The molecule has 0 aliphatic carbocycles. The van der Waals surface area contributed by atoms with Crippen LogP contribution in [-0.4, -0.2) is 48.1 Å². The zero-order valence-electron chi connectivity index (χ0n) is 14.4. The summed E-state index contributed by atoms with van der Waals surface area (Å²) in [6.45, 7) is 4.40. The van der Waals surface area contributed by atoms with Crippen LogP contribution in [0.15, 0.2) is 49.1 Å². The second-order valence-electron chi connectivity index (χ2n) is 6.44. The number of benzene rings is 1. The first-order valence-corrected chi connectivity index (χ1v) is 8.52. The van der Waals surface area contributed by atoms with Crippen LogP contribution >= 0.6 is 0 Å². The highest BCUT2D eigenvalue weighted by Gasteiger charge is 2.29. The lowest BCUT2D eigenvalue weighted by atomic mass is 10.1. The maximum absolute atomic E-state index is 9.53. The minimum Gasteiger partial charge on any atom is -0.438 e. The van der Waals surface area contributed by atoms with Crippen molar-refractivity contribution in [2.45, 2.75) is 25.6 Å². The van der Waals surface area contributed by atoms with Crippen LogP contribution in [-0.2, 0) is 6.54 Å². The topological polar surface area (TPSA) is 89.2 Å². The van der Waals surface area contributed by atoms with Gasteiger partial charge in [-0.15, -0.1) is 5.10 Å². The van der Waals surface area contributed by atoms with Gasteiger partial charge in [0.15, 0.2) is 0 Å². The van der Waals surface area contributed by atoms with Crippen LogP contribution in [0.1, 0.15) is 30.3 Å². The first kappa shape index (κ1) is 16.6. The van der Waals surface area contributed by atoms with Gasteiger partial charge in [0.1, 0.15) is 11.4 Å². The third-order valence-electron chi connectivity index (χ3n) is 4.36. The summed E-state index contributed by atoms with van der Waals surface area (Å²) in [5.74, 6) is 1.22. The van der Waals surface area contributed by atoms with Crippen molar-refractivity contribution in [2.24, 2.45) is 0 Å². The smallest absolute Gasteiger partial charge is 0.237 e. The molecule has 2 aromatic heterocycles. The molecule has 0 spiro atoms. The molecule has 1 aliphatic rings. The van der Waals surface area contributed by atoms with Gasteiger partial charge in [-0.05, 0) is 24.6 Å². The minimum absolute atomic E-state index is 0.314. The summed E-state index contributed by atoms with van der Waals surface area (Å²) in [5, 5.41) is 17.6. The second-order valence-corrected chi connectivity index (χ2v) is 6.44. The average molecular weight is 352 g/mol. The molecule has 8 heteroatoms. The predicted octanol–water partition coefficient (Wildman–Crippen LogP) is 1.97.